The number of aryl methyl sites for hydroxylation is 1. The van der Waals surface area contributed by atoms with Gasteiger partial charge in [0.15, 0.2) is 0 Å². The monoisotopic (exact) mass is 303 g/mol. The molecule has 1 atom stereocenters. The minimum absolute atomic E-state index is 0.0182. The van der Waals surface area contributed by atoms with Gasteiger partial charge in [0.2, 0.25) is 5.89 Å². The molecule has 7 heteroatoms. The second-order valence-corrected chi connectivity index (χ2v) is 5.73. The maximum Gasteiger partial charge on any atom is 0.316 e. The highest BCUT2D eigenvalue weighted by Gasteiger charge is 2.18. The van der Waals surface area contributed by atoms with Crippen LogP contribution in [0.15, 0.2) is 28.7 Å². The Hall–Kier alpha value is -2.02. The van der Waals surface area contributed by atoms with Gasteiger partial charge in [0.25, 0.3) is 0 Å². The standard InChI is InChI=1S/C14H17N5OS/c1-9-18-19-14(20-9)17-12(7-8-21-2)13-15-10-5-3-4-6-11(10)16-13/h3-6,12H,7-8H2,1-2H3,(H,15,16)(H,17,19)/t12-/m0/s1. The minimum Gasteiger partial charge on any atom is -0.408 e. The molecule has 21 heavy (non-hydrogen) atoms. The van der Waals surface area contributed by atoms with Crippen LogP contribution in [0.1, 0.15) is 24.2 Å². The number of para-hydroxylation sites is 2. The molecule has 0 bridgehead atoms. The molecule has 0 aliphatic heterocycles. The van der Waals surface area contributed by atoms with Crippen LogP contribution in [0.5, 0.6) is 0 Å². The summed E-state index contributed by atoms with van der Waals surface area (Å²) in [7, 11) is 0. The summed E-state index contributed by atoms with van der Waals surface area (Å²) in [6.07, 6.45) is 3.01. The van der Waals surface area contributed by atoms with Crippen molar-refractivity contribution >= 4 is 28.8 Å². The average molecular weight is 303 g/mol. The molecular formula is C14H17N5OS. The van der Waals surface area contributed by atoms with Crippen molar-refractivity contribution in [3.05, 3.63) is 36.0 Å². The molecule has 2 N–H and O–H groups in total. The highest BCUT2D eigenvalue weighted by Crippen LogP contribution is 2.23. The van der Waals surface area contributed by atoms with Crippen molar-refractivity contribution in [1.82, 2.24) is 20.2 Å². The first-order valence-corrected chi connectivity index (χ1v) is 8.16. The van der Waals surface area contributed by atoms with E-state index in [9.17, 15) is 0 Å². The summed E-state index contributed by atoms with van der Waals surface area (Å²) in [6, 6.07) is 8.45. The van der Waals surface area contributed by atoms with Crippen LogP contribution in [-0.4, -0.2) is 32.2 Å². The van der Waals surface area contributed by atoms with E-state index >= 15 is 0 Å². The van der Waals surface area contributed by atoms with Crippen molar-refractivity contribution in [2.45, 2.75) is 19.4 Å². The molecule has 6 nitrogen and oxygen atoms in total. The van der Waals surface area contributed by atoms with Crippen LogP contribution in [0.4, 0.5) is 6.01 Å². The van der Waals surface area contributed by atoms with Crippen molar-refractivity contribution in [1.29, 1.82) is 0 Å². The maximum absolute atomic E-state index is 5.41. The lowest BCUT2D eigenvalue weighted by Crippen LogP contribution is -2.13. The van der Waals surface area contributed by atoms with Crippen LogP contribution < -0.4 is 5.32 Å². The molecule has 3 aromatic rings. The fraction of sp³-hybridized carbons (Fsp3) is 0.357. The smallest absolute Gasteiger partial charge is 0.316 e. The molecule has 0 unspecified atom stereocenters. The first-order valence-electron chi connectivity index (χ1n) is 6.76. The summed E-state index contributed by atoms with van der Waals surface area (Å²) in [5.74, 6) is 2.45. The Morgan fingerprint density at radius 3 is 2.90 bits per heavy atom. The third-order valence-corrected chi connectivity index (χ3v) is 3.82. The Morgan fingerprint density at radius 1 is 1.33 bits per heavy atom. The fourth-order valence-electron chi connectivity index (χ4n) is 2.15. The van der Waals surface area contributed by atoms with Gasteiger partial charge in [-0.2, -0.15) is 11.8 Å². The first kappa shape index (κ1) is 13.9. The van der Waals surface area contributed by atoms with E-state index in [0.29, 0.717) is 11.9 Å². The highest BCUT2D eigenvalue weighted by atomic mass is 32.2. The van der Waals surface area contributed by atoms with Gasteiger partial charge < -0.3 is 14.7 Å². The van der Waals surface area contributed by atoms with Gasteiger partial charge in [-0.1, -0.05) is 17.2 Å². The molecule has 3 rings (SSSR count). The Balaban J connectivity index is 1.86. The number of anilines is 1. The van der Waals surface area contributed by atoms with Gasteiger partial charge in [-0.05, 0) is 30.6 Å². The molecule has 0 saturated heterocycles. The number of imidazole rings is 1. The van der Waals surface area contributed by atoms with E-state index in [0.717, 1.165) is 29.0 Å². The molecule has 0 amide bonds. The number of hydrogen-bond donors (Lipinski definition) is 2. The maximum atomic E-state index is 5.41. The largest absolute Gasteiger partial charge is 0.408 e. The summed E-state index contributed by atoms with van der Waals surface area (Å²) in [6.45, 7) is 1.77. The molecule has 0 spiro atoms. The van der Waals surface area contributed by atoms with Gasteiger partial charge in [-0.25, -0.2) is 4.98 Å². The summed E-state index contributed by atoms with van der Waals surface area (Å²) in [5, 5.41) is 11.1. The molecule has 110 valence electrons. The lowest BCUT2D eigenvalue weighted by Gasteiger charge is -2.14. The van der Waals surface area contributed by atoms with Crippen LogP contribution >= 0.6 is 11.8 Å². The van der Waals surface area contributed by atoms with Gasteiger partial charge in [0, 0.05) is 6.92 Å². The zero-order valence-electron chi connectivity index (χ0n) is 12.0. The number of nitrogens with zero attached hydrogens (tertiary/aromatic N) is 3. The predicted molar refractivity (Wildman–Crippen MR) is 84.5 cm³/mol. The molecule has 0 aliphatic carbocycles. The number of aromatic nitrogens is 4. The fourth-order valence-corrected chi connectivity index (χ4v) is 2.63. The summed E-state index contributed by atoms with van der Waals surface area (Å²) in [5.41, 5.74) is 2.00. The number of fused-ring (bicyclic) bond motifs is 1. The normalized spacial score (nSPS) is 12.7. The molecule has 0 fully saturated rings. The zero-order valence-corrected chi connectivity index (χ0v) is 12.8. The highest BCUT2D eigenvalue weighted by molar-refractivity contribution is 7.98. The second kappa shape index (κ2) is 6.17. The molecule has 0 saturated carbocycles. The number of nitrogens with one attached hydrogen (secondary N) is 2. The third kappa shape index (κ3) is 3.18. The number of hydrogen-bond acceptors (Lipinski definition) is 6. The first-order chi connectivity index (χ1) is 10.3. The molecular weight excluding hydrogens is 286 g/mol. The number of rotatable bonds is 6. The van der Waals surface area contributed by atoms with E-state index in [1.54, 1.807) is 18.7 Å². The van der Waals surface area contributed by atoms with Crippen LogP contribution in [0.25, 0.3) is 11.0 Å². The van der Waals surface area contributed by atoms with Crippen LogP contribution in [0, 0.1) is 6.92 Å². The molecule has 0 aliphatic rings. The van der Waals surface area contributed by atoms with Gasteiger partial charge in [-0.3, -0.25) is 0 Å². The number of thioether (sulfide) groups is 1. The molecule has 2 heterocycles. The Kier molecular flexibility index (Phi) is 4.10. The van der Waals surface area contributed by atoms with Gasteiger partial charge in [-0.15, -0.1) is 5.10 Å². The number of aromatic amines is 1. The van der Waals surface area contributed by atoms with Gasteiger partial charge in [0.05, 0.1) is 17.1 Å². The molecule has 0 radical (unpaired) electrons. The Bertz CT molecular complexity index is 690. The van der Waals surface area contributed by atoms with E-state index in [2.05, 4.69) is 31.7 Å². The van der Waals surface area contributed by atoms with E-state index < -0.39 is 0 Å². The molecule has 2 aromatic heterocycles. The van der Waals surface area contributed by atoms with Crippen LogP contribution in [0.2, 0.25) is 0 Å². The SMILES string of the molecule is CSCC[C@H](Nc1nnc(C)o1)c1nc2ccccc2[nH]1. The van der Waals surface area contributed by atoms with Gasteiger partial charge in [0.1, 0.15) is 5.82 Å². The van der Waals surface area contributed by atoms with E-state index in [-0.39, 0.29) is 6.04 Å². The van der Waals surface area contributed by atoms with Gasteiger partial charge >= 0.3 is 6.01 Å². The van der Waals surface area contributed by atoms with Crippen molar-refractivity contribution in [2.24, 2.45) is 0 Å². The number of H-pyrrole nitrogens is 1. The predicted octanol–water partition coefficient (Wildman–Crippen LogP) is 3.16. The Labute approximate surface area is 126 Å². The Morgan fingerprint density at radius 2 is 2.19 bits per heavy atom. The summed E-state index contributed by atoms with van der Waals surface area (Å²) >= 11 is 1.80. The average Bonchev–Trinajstić information content (AvgIpc) is 3.09. The minimum atomic E-state index is 0.0182. The van der Waals surface area contributed by atoms with E-state index in [1.807, 2.05) is 24.3 Å². The molecule has 1 aromatic carbocycles. The van der Waals surface area contributed by atoms with Crippen molar-refractivity contribution < 1.29 is 4.42 Å². The summed E-state index contributed by atoms with van der Waals surface area (Å²) in [4.78, 5) is 8.01. The lowest BCUT2D eigenvalue weighted by molar-refractivity contribution is 0.519. The van der Waals surface area contributed by atoms with Crippen molar-refractivity contribution in [3.63, 3.8) is 0 Å². The second-order valence-electron chi connectivity index (χ2n) is 4.74. The van der Waals surface area contributed by atoms with Crippen molar-refractivity contribution in [3.8, 4) is 0 Å². The van der Waals surface area contributed by atoms with E-state index in [4.69, 9.17) is 4.42 Å². The number of benzene rings is 1. The zero-order chi connectivity index (χ0) is 14.7. The lowest BCUT2D eigenvalue weighted by atomic mass is 10.2. The topological polar surface area (TPSA) is 79.6 Å². The van der Waals surface area contributed by atoms with Crippen molar-refractivity contribution in [2.75, 3.05) is 17.3 Å². The quantitative estimate of drug-likeness (QED) is 0.728. The summed E-state index contributed by atoms with van der Waals surface area (Å²) < 4.78 is 5.41. The van der Waals surface area contributed by atoms with Crippen LogP contribution in [0.3, 0.4) is 0 Å². The van der Waals surface area contributed by atoms with Crippen LogP contribution in [-0.2, 0) is 0 Å². The third-order valence-electron chi connectivity index (χ3n) is 3.17. The van der Waals surface area contributed by atoms with E-state index in [1.165, 1.54) is 0 Å².